The summed E-state index contributed by atoms with van der Waals surface area (Å²) in [6.07, 6.45) is 10.5. The standard InChI is InChI=1S/C42H54N4O7.C4H6O4.C4H8O2.C3H6INOS2.C3H6O2S2.2C2H2I2N2O2.C2H4INOS.2C2H2O4.C2H4O2S/c1-8-28-29-21-27(52-40(50)45-19-15-26(16-20-45)44-17-11-10-12-18-44)13-14-33(29)43-36-30(28)23-46-34(36)22-32-31(37(46)47)24-51-39(49)42(32,9-2)53-38(48)35(25(3)4)41(5,6)7;1-7-3(5)4(6)8-2;1-3-4(5)6-2;1-7-8-2-3(6)5-4;1-6-7-2-3(4)5;2*3-5-1(7)2(8)6-4;3-4-2(5)1-6;2*3-1(4)2(5)6;3-2(4)1-5/h13-14,21-22,25-26,35H,8-12,15-20,23-24H2,1-7H3;1-2H3;3H2,1-2H3;2H2,1H3,(H,5,6);2H2,1H3,(H,4,5);2*(H,5,7)(H,6,8);6H,1H2,(H,4,5);2*(H,3,4)(H,5,6);5H,1H2,(H,3,4)/t35?,42-;;;;;;;;;;/m0........../s1. The highest BCUT2D eigenvalue weighted by molar-refractivity contribution is 14.1. The molecule has 2 fully saturated rings. The van der Waals surface area contributed by atoms with E-state index in [9.17, 15) is 71.9 Å². The Morgan fingerprint density at radius 2 is 1.09 bits per heavy atom. The fourth-order valence-corrected chi connectivity index (χ4v) is 14.1. The molecule has 2 atom stereocenters. The van der Waals surface area contributed by atoms with Crippen molar-refractivity contribution in [2.75, 3.05) is 83.0 Å². The number of methoxy groups -OCH3 is 3. The molecule has 121 heavy (non-hydrogen) atoms. The van der Waals surface area contributed by atoms with Crippen LogP contribution in [0.5, 0.6) is 5.75 Å². The van der Waals surface area contributed by atoms with Gasteiger partial charge in [-0.15, -0.1) is 0 Å². The van der Waals surface area contributed by atoms with Gasteiger partial charge in [0, 0.05) is 42.1 Å². The Labute approximate surface area is 806 Å². The van der Waals surface area contributed by atoms with Crippen LogP contribution in [0.1, 0.15) is 123 Å². The molecule has 682 valence electrons. The number of aryl methyl sites for hydroxylation is 1. The number of rotatable bonds is 16. The highest BCUT2D eigenvalue weighted by Crippen LogP contribution is 2.44. The van der Waals surface area contributed by atoms with Crippen LogP contribution in [0.15, 0.2) is 29.1 Å². The number of esters is 5. The number of thiol groups is 2. The number of likely N-dealkylation sites (tertiary alicyclic amines) is 2. The van der Waals surface area contributed by atoms with E-state index >= 15 is 0 Å². The van der Waals surface area contributed by atoms with Gasteiger partial charge in [-0.1, -0.05) is 105 Å². The minimum Gasteiger partial charge on any atom is -0.481 e. The molecule has 0 spiro atoms. The molecule has 6 heterocycles. The lowest BCUT2D eigenvalue weighted by Gasteiger charge is -2.39. The number of aliphatic carboxylic acids is 6. The molecule has 7 rings (SSSR count). The van der Waals surface area contributed by atoms with Gasteiger partial charge in [-0.05, 0) is 105 Å². The summed E-state index contributed by atoms with van der Waals surface area (Å²) < 4.78 is 45.1. The van der Waals surface area contributed by atoms with Crippen molar-refractivity contribution < 1.29 is 145 Å². The number of cyclic esters (lactones) is 1. The maximum atomic E-state index is 14.2. The van der Waals surface area contributed by atoms with Gasteiger partial charge in [0.1, 0.15) is 18.1 Å². The molecular formula is C68H96I6N10O31S6. The Kier molecular flexibility index (Phi) is 67.9. The number of carboxylic acids is 6. The van der Waals surface area contributed by atoms with Crippen LogP contribution in [0.2, 0.25) is 0 Å². The topological polar surface area (TPSA) is 598 Å². The quantitative estimate of drug-likeness (QED) is 0.00962. The van der Waals surface area contributed by atoms with Crippen LogP contribution in [0, 0.1) is 17.3 Å². The van der Waals surface area contributed by atoms with Crippen molar-refractivity contribution >= 4 is 324 Å². The number of hydrogen-bond donors (Lipinski definition) is 14. The van der Waals surface area contributed by atoms with Crippen molar-refractivity contribution in [3.63, 3.8) is 0 Å². The van der Waals surface area contributed by atoms with Gasteiger partial charge in [0.25, 0.3) is 5.56 Å². The lowest BCUT2D eigenvalue weighted by Crippen LogP contribution is -2.49. The summed E-state index contributed by atoms with van der Waals surface area (Å²) >= 11 is 17.0. The third-order valence-electron chi connectivity index (χ3n) is 15.3. The number of benzene rings is 1. The van der Waals surface area contributed by atoms with E-state index in [1.54, 1.807) is 160 Å². The average Bonchev–Trinajstić information content (AvgIpc) is 0.950. The van der Waals surface area contributed by atoms with Crippen LogP contribution in [0.4, 0.5) is 4.79 Å². The summed E-state index contributed by atoms with van der Waals surface area (Å²) in [6.45, 7) is 19.2. The van der Waals surface area contributed by atoms with Crippen molar-refractivity contribution in [3.05, 3.63) is 56.9 Å². The molecule has 3 aromatic rings. The van der Waals surface area contributed by atoms with Crippen molar-refractivity contribution in [2.24, 2.45) is 17.3 Å². The molecule has 0 aliphatic carbocycles. The van der Waals surface area contributed by atoms with Crippen LogP contribution in [-0.2, 0) is 130 Å². The number of aromatic nitrogens is 2. The van der Waals surface area contributed by atoms with Crippen molar-refractivity contribution in [2.45, 2.75) is 132 Å². The van der Waals surface area contributed by atoms with Gasteiger partial charge in [0.05, 0.1) is 211 Å². The Hall–Kier alpha value is -5.72. The fourth-order valence-electron chi connectivity index (χ4n) is 10.3. The zero-order chi connectivity index (χ0) is 94.2. The number of hydrogen-bond acceptors (Lipinski definition) is 33. The largest absolute Gasteiger partial charge is 0.481 e. The second kappa shape index (κ2) is 67.6. The van der Waals surface area contributed by atoms with Crippen LogP contribution in [0.3, 0.4) is 0 Å². The van der Waals surface area contributed by atoms with E-state index in [2.05, 4.69) is 72.5 Å². The average molecular weight is 2500 g/mol. The SMILES string of the molecule is CCC(=O)OC.CCc1c2c(nc3ccc(OC(=O)N4CCC(N5CCCCC5)CC4)cc13)-c1cc3c(c(=O)n1C2)COC(=O)[C@@]3(CC)OC(=O)C(C(C)C)C(C)(C)C.COC(=O)C(=O)OC.CSSCC(=O)NI.CSSCC(=O)O.O=C(CS)NI.O=C(NI)C(=O)NI.O=C(NI)C(=O)NI.O=C(O)C(=O)O.O=C(O)C(=O)O.O=C(O)CS. The summed E-state index contributed by atoms with van der Waals surface area (Å²) in [5, 5.41) is 46.1. The molecule has 4 aliphatic rings. The molecule has 0 saturated carbocycles. The van der Waals surface area contributed by atoms with E-state index in [-0.39, 0.29) is 65.6 Å². The van der Waals surface area contributed by atoms with Gasteiger partial charge in [-0.3, -0.25) is 73.9 Å². The molecule has 2 aromatic heterocycles. The number of amides is 7. The monoisotopic (exact) mass is 2500 g/mol. The third kappa shape index (κ3) is 47.4. The third-order valence-corrected chi connectivity index (χ3v) is 22.4. The lowest BCUT2D eigenvalue weighted by atomic mass is 9.74. The predicted octanol–water partition coefficient (Wildman–Crippen LogP) is 7.94. The summed E-state index contributed by atoms with van der Waals surface area (Å²) in [4.78, 5) is 211. The molecule has 7 amide bonds. The smallest absolute Gasteiger partial charge is 0.417 e. The number of carbonyl (C=O) groups is 18. The summed E-state index contributed by atoms with van der Waals surface area (Å²) in [6, 6.07) is 7.85. The molecule has 41 nitrogen and oxygen atoms in total. The van der Waals surface area contributed by atoms with E-state index in [0.29, 0.717) is 78.1 Å². The Morgan fingerprint density at radius 3 is 1.42 bits per heavy atom. The normalized spacial score (nSPS) is 13.7. The minimum atomic E-state index is -1.82. The zero-order valence-corrected chi connectivity index (χ0v) is 85.2. The molecule has 12 N–H and O–H groups in total. The highest BCUT2D eigenvalue weighted by atomic mass is 127. The Bertz CT molecular complexity index is 3860. The molecule has 53 heteroatoms. The highest BCUT2D eigenvalue weighted by Gasteiger charge is 2.52. The van der Waals surface area contributed by atoms with Gasteiger partial charge < -0.3 is 73.4 Å². The number of pyridine rings is 2. The number of carbonyl (C=O) groups excluding carboxylic acids is 12. The second-order valence-electron chi connectivity index (χ2n) is 24.5. The van der Waals surface area contributed by atoms with Crippen LogP contribution in [0.25, 0.3) is 22.3 Å². The van der Waals surface area contributed by atoms with Gasteiger partial charge in [-0.25, -0.2) is 43.3 Å². The molecular weight excluding hydrogens is 2410 g/mol. The minimum absolute atomic E-state index is 0.0381. The van der Waals surface area contributed by atoms with Gasteiger partial charge in [0.2, 0.25) is 17.4 Å². The number of nitrogens with one attached hydrogen (secondary N) is 6. The van der Waals surface area contributed by atoms with Crippen LogP contribution < -0.4 is 31.5 Å². The van der Waals surface area contributed by atoms with Crippen molar-refractivity contribution in [1.82, 2.24) is 40.5 Å². The molecule has 2 saturated heterocycles. The van der Waals surface area contributed by atoms with E-state index in [1.165, 1.54) is 48.0 Å². The Balaban J connectivity index is -0.000000805. The Morgan fingerprint density at radius 1 is 0.628 bits per heavy atom. The van der Waals surface area contributed by atoms with E-state index in [0.717, 1.165) is 56.7 Å². The summed E-state index contributed by atoms with van der Waals surface area (Å²) in [7, 11) is 9.54. The first-order chi connectivity index (χ1) is 56.7. The number of halogens is 6. The van der Waals surface area contributed by atoms with Crippen molar-refractivity contribution in [3.8, 4) is 17.1 Å². The van der Waals surface area contributed by atoms with Gasteiger partial charge in [-0.2, -0.15) is 25.3 Å². The van der Waals surface area contributed by atoms with Crippen LogP contribution >= 0.6 is 206 Å². The molecule has 4 aliphatic heterocycles. The number of piperidine rings is 2. The van der Waals surface area contributed by atoms with E-state index in [1.807, 2.05) is 93.1 Å². The molecule has 1 aromatic carbocycles. The molecule has 0 radical (unpaired) electrons. The first kappa shape index (κ1) is 122. The maximum absolute atomic E-state index is 14.2. The predicted molar refractivity (Wildman–Crippen MR) is 506 cm³/mol. The second-order valence-corrected chi connectivity index (χ2v) is 33.5. The van der Waals surface area contributed by atoms with Gasteiger partial charge >= 0.3 is 95.4 Å². The lowest BCUT2D eigenvalue weighted by molar-refractivity contribution is -0.195. The first-order valence-electron chi connectivity index (χ1n) is 34.6. The molecule has 1 unspecified atom stereocenters. The number of nitrogens with zero attached hydrogens (tertiary/aromatic N) is 4. The van der Waals surface area contributed by atoms with Crippen molar-refractivity contribution in [1.29, 1.82) is 0 Å². The molecule has 0 bridgehead atoms. The van der Waals surface area contributed by atoms with E-state index < -0.39 is 100 Å². The fraction of sp³-hybridized carbons (Fsp3) is 0.529. The maximum Gasteiger partial charge on any atom is 0.417 e. The van der Waals surface area contributed by atoms with Gasteiger partial charge in [0.15, 0.2) is 0 Å². The zero-order valence-electron chi connectivity index (χ0n) is 67.2. The first-order valence-corrected chi connectivity index (χ1v) is 47.8. The van der Waals surface area contributed by atoms with Crippen LogP contribution in [-0.4, -0.2) is 246 Å². The number of carboxylic acid groups (broad SMARTS) is 6. The summed E-state index contributed by atoms with van der Waals surface area (Å²) in [5.74, 6) is -13.9. The summed E-state index contributed by atoms with van der Waals surface area (Å²) in [5.41, 5.74) is 2.06. The number of ether oxygens (including phenoxy) is 6. The number of fused-ring (bicyclic) bond motifs is 5. The van der Waals surface area contributed by atoms with E-state index in [4.69, 9.17) is 69.0 Å².